The Morgan fingerprint density at radius 1 is 1.10 bits per heavy atom. The molecule has 1 heterocycles. The molecule has 0 radical (unpaired) electrons. The highest BCUT2D eigenvalue weighted by molar-refractivity contribution is 5.69. The molecule has 3 rings (SSSR count). The minimum atomic E-state index is -0.174. The van der Waals surface area contributed by atoms with E-state index < -0.39 is 0 Å². The maximum absolute atomic E-state index is 14.0. The Morgan fingerprint density at radius 2 is 1.90 bits per heavy atom. The molecule has 1 aliphatic heterocycles. The predicted octanol–water partition coefficient (Wildman–Crippen LogP) is 3.29. The molecule has 0 aromatic heterocycles. The van der Waals surface area contributed by atoms with Gasteiger partial charge in [0, 0.05) is 31.4 Å². The van der Waals surface area contributed by atoms with Crippen LogP contribution in [-0.4, -0.2) is 25.7 Å². The van der Waals surface area contributed by atoms with Crippen LogP contribution in [0.15, 0.2) is 48.5 Å². The van der Waals surface area contributed by atoms with Crippen LogP contribution in [-0.2, 0) is 0 Å². The molecule has 20 heavy (non-hydrogen) atoms. The molecule has 0 saturated carbocycles. The maximum atomic E-state index is 14.0. The number of halogens is 1. The van der Waals surface area contributed by atoms with Crippen LogP contribution in [0, 0.1) is 5.82 Å². The summed E-state index contributed by atoms with van der Waals surface area (Å²) >= 11 is 0. The first-order valence-electron chi connectivity index (χ1n) is 7.07. The lowest BCUT2D eigenvalue weighted by molar-refractivity contribution is 0.499. The van der Waals surface area contributed by atoms with Crippen LogP contribution < -0.4 is 10.2 Å². The van der Waals surface area contributed by atoms with E-state index in [1.165, 1.54) is 0 Å². The third-order valence-electron chi connectivity index (χ3n) is 3.82. The van der Waals surface area contributed by atoms with Gasteiger partial charge in [-0.25, -0.2) is 4.39 Å². The third-order valence-corrected chi connectivity index (χ3v) is 3.82. The van der Waals surface area contributed by atoms with Crippen molar-refractivity contribution in [2.24, 2.45) is 0 Å². The van der Waals surface area contributed by atoms with Gasteiger partial charge in [-0.2, -0.15) is 0 Å². The van der Waals surface area contributed by atoms with Crippen molar-refractivity contribution in [3.63, 3.8) is 0 Å². The molecule has 0 amide bonds. The van der Waals surface area contributed by atoms with Crippen molar-refractivity contribution in [3.8, 4) is 11.1 Å². The van der Waals surface area contributed by atoms with E-state index in [1.54, 1.807) is 12.1 Å². The van der Waals surface area contributed by atoms with Gasteiger partial charge in [-0.15, -0.1) is 0 Å². The Kier molecular flexibility index (Phi) is 3.70. The van der Waals surface area contributed by atoms with Crippen LogP contribution >= 0.6 is 0 Å². The molecular weight excluding hydrogens is 251 g/mol. The van der Waals surface area contributed by atoms with Gasteiger partial charge in [-0.05, 0) is 36.2 Å². The molecule has 1 atom stereocenters. The van der Waals surface area contributed by atoms with Crippen LogP contribution in [0.5, 0.6) is 0 Å². The molecule has 3 heteroatoms. The summed E-state index contributed by atoms with van der Waals surface area (Å²) in [6.07, 6.45) is 0. The number of hydrogen-bond donors (Lipinski definition) is 1. The first-order valence-corrected chi connectivity index (χ1v) is 7.07. The summed E-state index contributed by atoms with van der Waals surface area (Å²) in [6, 6.07) is 15.7. The zero-order valence-corrected chi connectivity index (χ0v) is 11.6. The van der Waals surface area contributed by atoms with Gasteiger partial charge in [0.25, 0.3) is 0 Å². The minimum absolute atomic E-state index is 0.174. The molecule has 0 bridgehead atoms. The molecule has 2 aromatic rings. The molecule has 2 nitrogen and oxygen atoms in total. The van der Waals surface area contributed by atoms with Crippen LogP contribution in [0.3, 0.4) is 0 Å². The van der Waals surface area contributed by atoms with Crippen LogP contribution in [0.2, 0.25) is 0 Å². The Morgan fingerprint density at radius 3 is 2.65 bits per heavy atom. The second-order valence-corrected chi connectivity index (χ2v) is 5.31. The van der Waals surface area contributed by atoms with Gasteiger partial charge in [0.1, 0.15) is 5.82 Å². The van der Waals surface area contributed by atoms with Gasteiger partial charge >= 0.3 is 0 Å². The Hall–Kier alpha value is -1.87. The summed E-state index contributed by atoms with van der Waals surface area (Å²) < 4.78 is 14.0. The van der Waals surface area contributed by atoms with Gasteiger partial charge in [0.2, 0.25) is 0 Å². The van der Waals surface area contributed by atoms with Crippen molar-refractivity contribution in [2.75, 3.05) is 24.5 Å². The van der Waals surface area contributed by atoms with E-state index in [0.29, 0.717) is 6.04 Å². The summed E-state index contributed by atoms with van der Waals surface area (Å²) in [5, 5.41) is 3.36. The van der Waals surface area contributed by atoms with Crippen LogP contribution in [0.25, 0.3) is 11.1 Å². The van der Waals surface area contributed by atoms with Crippen molar-refractivity contribution in [1.82, 2.24) is 5.32 Å². The minimum Gasteiger partial charge on any atom is -0.366 e. The monoisotopic (exact) mass is 270 g/mol. The van der Waals surface area contributed by atoms with Gasteiger partial charge in [-0.3, -0.25) is 0 Å². The van der Waals surface area contributed by atoms with E-state index in [-0.39, 0.29) is 5.82 Å². The predicted molar refractivity (Wildman–Crippen MR) is 81.5 cm³/mol. The maximum Gasteiger partial charge on any atom is 0.125 e. The summed E-state index contributed by atoms with van der Waals surface area (Å²) in [5.41, 5.74) is 2.96. The molecule has 0 spiro atoms. The summed E-state index contributed by atoms with van der Waals surface area (Å²) in [6.45, 7) is 4.97. The van der Waals surface area contributed by atoms with Gasteiger partial charge in [0.05, 0.1) is 0 Å². The lowest BCUT2D eigenvalue weighted by Crippen LogP contribution is -2.49. The molecule has 2 aromatic carbocycles. The third kappa shape index (κ3) is 2.68. The molecule has 104 valence electrons. The van der Waals surface area contributed by atoms with Crippen molar-refractivity contribution in [2.45, 2.75) is 13.0 Å². The lowest BCUT2D eigenvalue weighted by Gasteiger charge is -2.36. The highest BCUT2D eigenvalue weighted by Crippen LogP contribution is 2.27. The molecule has 1 fully saturated rings. The van der Waals surface area contributed by atoms with Crippen molar-refractivity contribution < 1.29 is 4.39 Å². The lowest BCUT2D eigenvalue weighted by atomic mass is 10.0. The molecule has 0 unspecified atom stereocenters. The molecule has 1 saturated heterocycles. The van der Waals surface area contributed by atoms with Crippen molar-refractivity contribution in [1.29, 1.82) is 0 Å². The summed E-state index contributed by atoms with van der Waals surface area (Å²) in [4.78, 5) is 2.27. The van der Waals surface area contributed by atoms with Gasteiger partial charge in [0.15, 0.2) is 0 Å². The van der Waals surface area contributed by atoms with Crippen molar-refractivity contribution in [3.05, 3.63) is 54.3 Å². The molecule has 1 N–H and O–H groups in total. The van der Waals surface area contributed by atoms with Crippen LogP contribution in [0.4, 0.5) is 10.1 Å². The van der Waals surface area contributed by atoms with E-state index in [0.717, 1.165) is 36.4 Å². The number of nitrogens with zero attached hydrogens (tertiary/aromatic N) is 1. The number of nitrogens with one attached hydrogen (secondary N) is 1. The number of hydrogen-bond acceptors (Lipinski definition) is 2. The topological polar surface area (TPSA) is 15.3 Å². The van der Waals surface area contributed by atoms with Crippen LogP contribution in [0.1, 0.15) is 6.92 Å². The molecular formula is C17H19FN2. The Balaban J connectivity index is 1.98. The van der Waals surface area contributed by atoms with E-state index in [2.05, 4.69) is 23.2 Å². The van der Waals surface area contributed by atoms with Crippen molar-refractivity contribution >= 4 is 5.69 Å². The summed E-state index contributed by atoms with van der Waals surface area (Å²) in [7, 11) is 0. The number of anilines is 1. The highest BCUT2D eigenvalue weighted by Gasteiger charge is 2.19. The molecule has 1 aliphatic rings. The first kappa shape index (κ1) is 13.1. The van der Waals surface area contributed by atoms with E-state index in [9.17, 15) is 4.39 Å². The normalized spacial score (nSPS) is 19.1. The van der Waals surface area contributed by atoms with E-state index >= 15 is 0 Å². The largest absolute Gasteiger partial charge is 0.366 e. The average Bonchev–Trinajstić information content (AvgIpc) is 2.48. The van der Waals surface area contributed by atoms with E-state index in [1.807, 2.05) is 30.3 Å². The first-order chi connectivity index (χ1) is 9.74. The fraction of sp³-hybridized carbons (Fsp3) is 0.294. The average molecular weight is 270 g/mol. The van der Waals surface area contributed by atoms with E-state index in [4.69, 9.17) is 0 Å². The zero-order chi connectivity index (χ0) is 13.9. The van der Waals surface area contributed by atoms with Gasteiger partial charge in [-0.1, -0.05) is 30.3 Å². The number of rotatable bonds is 2. The second kappa shape index (κ2) is 5.63. The quantitative estimate of drug-likeness (QED) is 0.901. The highest BCUT2D eigenvalue weighted by atomic mass is 19.1. The molecule has 0 aliphatic carbocycles. The number of benzene rings is 2. The fourth-order valence-corrected chi connectivity index (χ4v) is 2.76. The Labute approximate surface area is 119 Å². The zero-order valence-electron chi connectivity index (χ0n) is 11.6. The standard InChI is InChI=1S/C17H19FN2/c1-13-12-19-7-8-20(13)17-10-15(9-16(18)11-17)14-5-3-2-4-6-14/h2-6,9-11,13,19H,7-8,12H2,1H3/t13-/m1/s1. The van der Waals surface area contributed by atoms with Gasteiger partial charge < -0.3 is 10.2 Å². The second-order valence-electron chi connectivity index (χ2n) is 5.31. The fourth-order valence-electron chi connectivity index (χ4n) is 2.76. The SMILES string of the molecule is C[C@@H]1CNCCN1c1cc(F)cc(-c2ccccc2)c1. The summed E-state index contributed by atoms with van der Waals surface area (Å²) in [5.74, 6) is -0.174. The smallest absolute Gasteiger partial charge is 0.125 e. The number of piperazine rings is 1. The Bertz CT molecular complexity index is 583.